The number of rotatable bonds is 1. The molecule has 0 bridgehead atoms. The van der Waals surface area contributed by atoms with Crippen molar-refractivity contribution in [3.8, 4) is 0 Å². The Hall–Kier alpha value is -0.713. The van der Waals surface area contributed by atoms with Crippen molar-refractivity contribution in [3.05, 3.63) is 35.9 Å². The van der Waals surface area contributed by atoms with Gasteiger partial charge in [0.25, 0.3) is 0 Å². The fourth-order valence-corrected chi connectivity index (χ4v) is 1.49. The molecule has 0 aliphatic carbocycles. The summed E-state index contributed by atoms with van der Waals surface area (Å²) in [6.07, 6.45) is 0. The van der Waals surface area contributed by atoms with Gasteiger partial charge in [-0.25, -0.2) is 0 Å². The molecule has 1 aromatic rings. The predicted octanol–water partition coefficient (Wildman–Crippen LogP) is -0.318. The Balaban J connectivity index is 0.00000128. The molecule has 2 rings (SSSR count). The van der Waals surface area contributed by atoms with Crippen LogP contribution in [-0.2, 0) is 4.74 Å². The molecule has 3 heteroatoms. The number of aliphatic imine (C=N–C) groups is 1. The van der Waals surface area contributed by atoms with E-state index in [1.165, 1.54) is 0 Å². The second-order valence-electron chi connectivity index (χ2n) is 4.90. The van der Waals surface area contributed by atoms with Crippen LogP contribution in [0.4, 0.5) is 0 Å². The van der Waals surface area contributed by atoms with Gasteiger partial charge in [0, 0.05) is 0 Å². The minimum absolute atomic E-state index is 0. The van der Waals surface area contributed by atoms with Gasteiger partial charge >= 0.3 is 18.9 Å². The number of hydrogen-bond acceptors (Lipinski definition) is 2. The quantitative estimate of drug-likeness (QED) is 0.459. The van der Waals surface area contributed by atoms with Crippen LogP contribution in [0, 0.1) is 11.5 Å². The van der Waals surface area contributed by atoms with E-state index in [4.69, 9.17) is 4.74 Å². The van der Waals surface area contributed by atoms with Crippen molar-refractivity contribution in [2.75, 3.05) is 6.61 Å². The van der Waals surface area contributed by atoms with Gasteiger partial charge in [0.2, 0.25) is 0 Å². The molecule has 0 aromatic heterocycles. The van der Waals surface area contributed by atoms with E-state index >= 15 is 0 Å². The molecule has 1 aliphatic heterocycles. The summed E-state index contributed by atoms with van der Waals surface area (Å²) in [5.41, 5.74) is 1.11. The van der Waals surface area contributed by atoms with E-state index < -0.39 is 0 Å². The maximum Gasteiger partial charge on any atom is 1.00 e. The molecule has 80 valence electrons. The summed E-state index contributed by atoms with van der Waals surface area (Å²) >= 11 is 0. The van der Waals surface area contributed by atoms with E-state index in [1.807, 2.05) is 24.3 Å². The first kappa shape index (κ1) is 13.4. The van der Waals surface area contributed by atoms with Gasteiger partial charge in [0.05, 0.1) is 12.6 Å². The first-order valence-electron chi connectivity index (χ1n) is 5.25. The molecule has 0 amide bonds. The minimum Gasteiger partial charge on any atom is -0.518 e. The van der Waals surface area contributed by atoms with Gasteiger partial charge in [0.15, 0.2) is 0 Å². The number of nitrogens with zero attached hydrogens (tertiary/aromatic N) is 1. The molecule has 0 unspecified atom stereocenters. The smallest absolute Gasteiger partial charge is 0.518 e. The largest absolute Gasteiger partial charge is 1.00 e. The molecule has 1 heterocycles. The molecular formula is C13H16LiNO. The maximum absolute atomic E-state index is 5.60. The van der Waals surface area contributed by atoms with Crippen LogP contribution in [0.15, 0.2) is 29.3 Å². The van der Waals surface area contributed by atoms with Crippen LogP contribution in [0.2, 0.25) is 0 Å². The molecule has 0 saturated heterocycles. The third-order valence-electron chi connectivity index (χ3n) is 2.59. The SMILES string of the molecule is CC(C)(C)[C@H]1COC(c2[c-]cccc2)=N1.[Li+]. The Morgan fingerprint density at radius 3 is 2.62 bits per heavy atom. The van der Waals surface area contributed by atoms with Gasteiger partial charge in [-0.3, -0.25) is 4.99 Å². The van der Waals surface area contributed by atoms with Gasteiger partial charge in [-0.2, -0.15) is 0 Å². The molecule has 0 spiro atoms. The molecule has 0 fully saturated rings. The zero-order chi connectivity index (χ0) is 10.9. The summed E-state index contributed by atoms with van der Waals surface area (Å²) in [5, 5.41) is 0. The van der Waals surface area contributed by atoms with Crippen LogP contribution in [-0.4, -0.2) is 18.5 Å². The Morgan fingerprint density at radius 2 is 2.12 bits per heavy atom. The number of hydrogen-bond donors (Lipinski definition) is 0. The predicted molar refractivity (Wildman–Crippen MR) is 61.0 cm³/mol. The summed E-state index contributed by atoms with van der Waals surface area (Å²) < 4.78 is 5.60. The van der Waals surface area contributed by atoms with Gasteiger partial charge in [-0.05, 0) is 5.41 Å². The molecule has 0 N–H and O–H groups in total. The summed E-state index contributed by atoms with van der Waals surface area (Å²) in [7, 11) is 0. The summed E-state index contributed by atoms with van der Waals surface area (Å²) in [6, 6.07) is 11.2. The van der Waals surface area contributed by atoms with E-state index in [2.05, 4.69) is 31.8 Å². The van der Waals surface area contributed by atoms with Gasteiger partial charge in [0.1, 0.15) is 5.90 Å². The Kier molecular flexibility index (Phi) is 4.24. The maximum atomic E-state index is 5.60. The zero-order valence-electron chi connectivity index (χ0n) is 10.4. The average molecular weight is 209 g/mol. The van der Waals surface area contributed by atoms with Crippen LogP contribution in [0.1, 0.15) is 26.3 Å². The summed E-state index contributed by atoms with van der Waals surface area (Å²) in [6.45, 7) is 7.23. The van der Waals surface area contributed by atoms with Crippen LogP contribution >= 0.6 is 0 Å². The molecule has 0 radical (unpaired) electrons. The van der Waals surface area contributed by atoms with Crippen molar-refractivity contribution >= 4 is 5.90 Å². The molecular weight excluding hydrogens is 193 g/mol. The molecule has 0 saturated carbocycles. The standard InChI is InChI=1S/C13H16NO.Li/c1-13(2,3)11-9-15-12(14-11)10-7-5-4-6-8-10;/h4-7,11H,9H2,1-3H3;/q-1;+1/t11-;/m1./s1. The second kappa shape index (κ2) is 5.08. The van der Waals surface area contributed by atoms with E-state index in [-0.39, 0.29) is 30.3 Å². The second-order valence-corrected chi connectivity index (χ2v) is 4.90. The van der Waals surface area contributed by atoms with Crippen LogP contribution in [0.5, 0.6) is 0 Å². The van der Waals surface area contributed by atoms with Crippen molar-refractivity contribution in [2.24, 2.45) is 10.4 Å². The monoisotopic (exact) mass is 209 g/mol. The third kappa shape index (κ3) is 2.90. The van der Waals surface area contributed by atoms with Crippen molar-refractivity contribution < 1.29 is 23.6 Å². The van der Waals surface area contributed by atoms with E-state index in [0.29, 0.717) is 6.61 Å². The fraction of sp³-hybridized carbons (Fsp3) is 0.462. The first-order valence-corrected chi connectivity index (χ1v) is 5.25. The van der Waals surface area contributed by atoms with Crippen LogP contribution < -0.4 is 18.9 Å². The van der Waals surface area contributed by atoms with Crippen LogP contribution in [0.3, 0.4) is 0 Å². The number of benzene rings is 1. The molecule has 2 nitrogen and oxygen atoms in total. The fourth-order valence-electron chi connectivity index (χ4n) is 1.49. The van der Waals surface area contributed by atoms with E-state index in [1.54, 1.807) is 0 Å². The zero-order valence-corrected chi connectivity index (χ0v) is 10.4. The van der Waals surface area contributed by atoms with Gasteiger partial charge in [-0.15, -0.1) is 30.3 Å². The molecule has 1 aromatic carbocycles. The van der Waals surface area contributed by atoms with Crippen molar-refractivity contribution in [2.45, 2.75) is 26.8 Å². The Morgan fingerprint density at radius 1 is 1.38 bits per heavy atom. The summed E-state index contributed by atoms with van der Waals surface area (Å²) in [4.78, 5) is 4.59. The Bertz CT molecular complexity index is 367. The topological polar surface area (TPSA) is 21.6 Å². The normalized spacial score (nSPS) is 19.7. The van der Waals surface area contributed by atoms with Crippen molar-refractivity contribution in [1.29, 1.82) is 0 Å². The van der Waals surface area contributed by atoms with Gasteiger partial charge in [-0.1, -0.05) is 26.3 Å². The minimum atomic E-state index is 0. The van der Waals surface area contributed by atoms with Gasteiger partial charge < -0.3 is 4.74 Å². The van der Waals surface area contributed by atoms with Crippen molar-refractivity contribution in [3.63, 3.8) is 0 Å². The summed E-state index contributed by atoms with van der Waals surface area (Å²) in [5.74, 6) is 0.732. The molecule has 1 atom stereocenters. The number of ether oxygens (including phenoxy) is 1. The van der Waals surface area contributed by atoms with E-state index in [9.17, 15) is 0 Å². The Labute approximate surface area is 109 Å². The third-order valence-corrected chi connectivity index (χ3v) is 2.59. The van der Waals surface area contributed by atoms with Crippen LogP contribution in [0.25, 0.3) is 0 Å². The molecule has 16 heavy (non-hydrogen) atoms. The average Bonchev–Trinajstić information content (AvgIpc) is 2.67. The first-order chi connectivity index (χ1) is 7.07. The van der Waals surface area contributed by atoms with E-state index in [0.717, 1.165) is 11.5 Å². The molecule has 1 aliphatic rings. The van der Waals surface area contributed by atoms with Crippen molar-refractivity contribution in [1.82, 2.24) is 0 Å².